The molecule has 1 amide bonds. The van der Waals surface area contributed by atoms with Crippen LogP contribution in [0.4, 0.5) is 0 Å². The molecule has 2 atom stereocenters. The second-order valence-electron chi connectivity index (χ2n) is 5.56. The lowest BCUT2D eigenvalue weighted by molar-refractivity contribution is -0.158. The highest BCUT2D eigenvalue weighted by Gasteiger charge is 2.55. The van der Waals surface area contributed by atoms with Crippen LogP contribution in [-0.4, -0.2) is 42.8 Å². The Hall–Kier alpha value is -1.36. The molecule has 1 rings (SSSR count). The summed E-state index contributed by atoms with van der Waals surface area (Å²) in [4.78, 5) is 24.8. The molecule has 102 valence electrons. The van der Waals surface area contributed by atoms with E-state index in [-0.39, 0.29) is 12.0 Å². The number of carbonyl (C=O) groups is 2. The molecule has 0 saturated carbocycles. The number of esters is 1. The maximum Gasteiger partial charge on any atom is 0.334 e. The molecule has 1 fully saturated rings. The van der Waals surface area contributed by atoms with Crippen LogP contribution in [0.25, 0.3) is 0 Å². The van der Waals surface area contributed by atoms with E-state index in [4.69, 9.17) is 9.47 Å². The van der Waals surface area contributed by atoms with Gasteiger partial charge in [0.1, 0.15) is 6.23 Å². The topological polar surface area (TPSA) is 55.8 Å². The van der Waals surface area contributed by atoms with Gasteiger partial charge in [0, 0.05) is 11.8 Å². The van der Waals surface area contributed by atoms with Crippen molar-refractivity contribution in [3.8, 4) is 0 Å². The number of nitrogens with zero attached hydrogens (tertiary/aromatic N) is 1. The van der Waals surface area contributed by atoms with E-state index in [9.17, 15) is 9.59 Å². The summed E-state index contributed by atoms with van der Waals surface area (Å²) in [5.41, 5.74) is -1.37. The summed E-state index contributed by atoms with van der Waals surface area (Å²) < 4.78 is 10.5. The zero-order valence-corrected chi connectivity index (χ0v) is 11.4. The number of hydrogen-bond acceptors (Lipinski definition) is 4. The first-order chi connectivity index (χ1) is 8.33. The molecule has 0 aliphatic carbocycles. The van der Waals surface area contributed by atoms with Crippen molar-refractivity contribution < 1.29 is 19.1 Å². The zero-order valence-electron chi connectivity index (χ0n) is 11.4. The quantitative estimate of drug-likeness (QED) is 0.432. The Labute approximate surface area is 108 Å². The first kappa shape index (κ1) is 14.7. The summed E-state index contributed by atoms with van der Waals surface area (Å²) in [5.74, 6) is -0.471. The van der Waals surface area contributed by atoms with Gasteiger partial charge in [0.2, 0.25) is 6.41 Å². The van der Waals surface area contributed by atoms with E-state index in [2.05, 4.69) is 6.58 Å². The van der Waals surface area contributed by atoms with Crippen molar-refractivity contribution in [2.24, 2.45) is 5.41 Å². The van der Waals surface area contributed by atoms with Crippen molar-refractivity contribution in [3.05, 3.63) is 12.7 Å². The summed E-state index contributed by atoms with van der Waals surface area (Å²) in [6, 6.07) is 0. The fraction of sp³-hybridized carbons (Fsp3) is 0.692. The number of rotatable bonds is 4. The van der Waals surface area contributed by atoms with E-state index in [1.807, 2.05) is 20.8 Å². The number of ether oxygens (including phenoxy) is 2. The number of methoxy groups -OCH3 is 1. The van der Waals surface area contributed by atoms with E-state index < -0.39 is 17.7 Å². The molecule has 1 saturated heterocycles. The lowest BCUT2D eigenvalue weighted by Gasteiger charge is -2.37. The third-order valence-electron chi connectivity index (χ3n) is 3.13. The van der Waals surface area contributed by atoms with E-state index in [1.54, 1.807) is 6.08 Å². The van der Waals surface area contributed by atoms with Crippen molar-refractivity contribution in [3.63, 3.8) is 0 Å². The molecule has 0 N–H and O–H groups in total. The minimum atomic E-state index is -1.09. The fourth-order valence-electron chi connectivity index (χ4n) is 2.26. The largest absolute Gasteiger partial charge is 0.467 e. The van der Waals surface area contributed by atoms with Crippen LogP contribution in [0, 0.1) is 5.41 Å². The Morgan fingerprint density at radius 2 is 2.22 bits per heavy atom. The summed E-state index contributed by atoms with van der Waals surface area (Å²) in [6.45, 7) is 9.63. The third-order valence-corrected chi connectivity index (χ3v) is 3.13. The van der Waals surface area contributed by atoms with Crippen molar-refractivity contribution >= 4 is 12.4 Å². The van der Waals surface area contributed by atoms with Crippen LogP contribution in [0.1, 0.15) is 27.2 Å². The van der Waals surface area contributed by atoms with Gasteiger partial charge in [-0.1, -0.05) is 26.8 Å². The van der Waals surface area contributed by atoms with E-state index >= 15 is 0 Å². The first-order valence-corrected chi connectivity index (χ1v) is 5.88. The van der Waals surface area contributed by atoms with Gasteiger partial charge >= 0.3 is 5.97 Å². The lowest BCUT2D eigenvalue weighted by Crippen LogP contribution is -2.56. The third kappa shape index (κ3) is 2.27. The van der Waals surface area contributed by atoms with Gasteiger partial charge in [0.25, 0.3) is 0 Å². The van der Waals surface area contributed by atoms with Gasteiger partial charge in [-0.25, -0.2) is 4.79 Å². The number of amides is 1. The standard InChI is InChI=1S/C13H21NO4/c1-6-7-13(11(16)17-5)8-18-10(12(2,3)4)14(13)9-15/h6,9-10H,1,7-8H2,2-5H3/t10-,13-/m1/s1. The van der Waals surface area contributed by atoms with E-state index in [1.165, 1.54) is 12.0 Å². The number of carbonyl (C=O) groups excluding carboxylic acids is 2. The zero-order chi connectivity index (χ0) is 14.0. The predicted octanol–water partition coefficient (Wildman–Crippen LogP) is 1.34. The van der Waals surface area contributed by atoms with Crippen LogP contribution in [-0.2, 0) is 19.1 Å². The van der Waals surface area contributed by atoms with Gasteiger partial charge in [0.15, 0.2) is 5.54 Å². The Balaban J connectivity index is 3.17. The van der Waals surface area contributed by atoms with Crippen LogP contribution < -0.4 is 0 Å². The smallest absolute Gasteiger partial charge is 0.334 e. The summed E-state index contributed by atoms with van der Waals surface area (Å²) in [5, 5.41) is 0. The summed E-state index contributed by atoms with van der Waals surface area (Å²) in [6.07, 6.45) is 2.12. The second-order valence-corrected chi connectivity index (χ2v) is 5.56. The minimum absolute atomic E-state index is 0.131. The average molecular weight is 255 g/mol. The van der Waals surface area contributed by atoms with Crippen LogP contribution >= 0.6 is 0 Å². The molecular formula is C13H21NO4. The monoisotopic (exact) mass is 255 g/mol. The van der Waals surface area contributed by atoms with E-state index in [0.29, 0.717) is 12.8 Å². The molecule has 0 aromatic heterocycles. The van der Waals surface area contributed by atoms with Crippen molar-refractivity contribution in [2.45, 2.75) is 39.0 Å². The normalized spacial score (nSPS) is 28.0. The molecular weight excluding hydrogens is 234 g/mol. The Morgan fingerprint density at radius 3 is 2.61 bits per heavy atom. The molecule has 1 aliphatic heterocycles. The lowest BCUT2D eigenvalue weighted by atomic mass is 9.90. The molecule has 0 bridgehead atoms. The molecule has 1 heterocycles. The average Bonchev–Trinajstić information content (AvgIpc) is 2.68. The summed E-state index contributed by atoms with van der Waals surface area (Å²) in [7, 11) is 1.31. The molecule has 5 heteroatoms. The Morgan fingerprint density at radius 1 is 1.61 bits per heavy atom. The summed E-state index contributed by atoms with van der Waals surface area (Å²) >= 11 is 0. The molecule has 1 aliphatic rings. The highest BCUT2D eigenvalue weighted by atomic mass is 16.5. The maximum absolute atomic E-state index is 12.0. The molecule has 0 unspecified atom stereocenters. The van der Waals surface area contributed by atoms with Gasteiger partial charge in [-0.15, -0.1) is 6.58 Å². The number of hydrogen-bond donors (Lipinski definition) is 0. The highest BCUT2D eigenvalue weighted by molar-refractivity contribution is 5.84. The fourth-order valence-corrected chi connectivity index (χ4v) is 2.26. The molecule has 18 heavy (non-hydrogen) atoms. The van der Waals surface area contributed by atoms with E-state index in [0.717, 1.165) is 0 Å². The van der Waals surface area contributed by atoms with Crippen molar-refractivity contribution in [1.29, 1.82) is 0 Å². The van der Waals surface area contributed by atoms with Gasteiger partial charge in [0.05, 0.1) is 13.7 Å². The van der Waals surface area contributed by atoms with Crippen LogP contribution in [0.15, 0.2) is 12.7 Å². The predicted molar refractivity (Wildman–Crippen MR) is 66.7 cm³/mol. The molecule has 0 radical (unpaired) electrons. The molecule has 0 aromatic rings. The van der Waals surface area contributed by atoms with Gasteiger partial charge in [-0.05, 0) is 0 Å². The Kier molecular flexibility index (Phi) is 4.16. The second kappa shape index (κ2) is 5.10. The molecule has 0 aromatic carbocycles. The van der Waals surface area contributed by atoms with Gasteiger partial charge in [-0.2, -0.15) is 0 Å². The maximum atomic E-state index is 12.0. The Bertz CT molecular complexity index is 347. The molecule has 0 spiro atoms. The minimum Gasteiger partial charge on any atom is -0.467 e. The van der Waals surface area contributed by atoms with Crippen molar-refractivity contribution in [1.82, 2.24) is 4.90 Å². The SMILES string of the molecule is C=CC[C@]1(C(=O)OC)CO[C@H](C(C)(C)C)N1C=O. The first-order valence-electron chi connectivity index (χ1n) is 5.88. The van der Waals surface area contributed by atoms with Gasteiger partial charge < -0.3 is 9.47 Å². The molecule has 5 nitrogen and oxygen atoms in total. The highest BCUT2D eigenvalue weighted by Crippen LogP contribution is 2.38. The van der Waals surface area contributed by atoms with Crippen LogP contribution in [0.2, 0.25) is 0 Å². The van der Waals surface area contributed by atoms with Crippen LogP contribution in [0.3, 0.4) is 0 Å². The van der Waals surface area contributed by atoms with Crippen molar-refractivity contribution in [2.75, 3.05) is 13.7 Å². The van der Waals surface area contributed by atoms with Gasteiger partial charge in [-0.3, -0.25) is 9.69 Å². The van der Waals surface area contributed by atoms with Crippen LogP contribution in [0.5, 0.6) is 0 Å².